The fourth-order valence-corrected chi connectivity index (χ4v) is 2.30. The molecule has 0 saturated carbocycles. The van der Waals surface area contributed by atoms with Gasteiger partial charge in [0.05, 0.1) is 10.9 Å². The van der Waals surface area contributed by atoms with Crippen LogP contribution in [0.15, 0.2) is 54.9 Å². The van der Waals surface area contributed by atoms with Crippen molar-refractivity contribution in [3.63, 3.8) is 0 Å². The van der Waals surface area contributed by atoms with Crippen LogP contribution >= 0.6 is 11.6 Å². The van der Waals surface area contributed by atoms with E-state index in [0.717, 1.165) is 17.4 Å². The summed E-state index contributed by atoms with van der Waals surface area (Å²) in [6, 6.07) is 13.8. The van der Waals surface area contributed by atoms with Crippen molar-refractivity contribution in [2.24, 2.45) is 0 Å². The van der Waals surface area contributed by atoms with E-state index < -0.39 is 0 Å². The van der Waals surface area contributed by atoms with E-state index in [1.54, 1.807) is 6.07 Å². The number of hydrogen-bond acceptors (Lipinski definition) is 1. The molecule has 2 heterocycles. The van der Waals surface area contributed by atoms with Crippen LogP contribution in [0.25, 0.3) is 10.9 Å². The van der Waals surface area contributed by atoms with Crippen molar-refractivity contribution in [1.82, 2.24) is 4.57 Å². The number of fused-ring (bicyclic) bond motifs is 1. The average molecular weight is 259 g/mol. The van der Waals surface area contributed by atoms with Crippen molar-refractivity contribution < 1.29 is 4.73 Å². The van der Waals surface area contributed by atoms with Crippen molar-refractivity contribution >= 4 is 22.5 Å². The number of halogens is 1. The third-order valence-corrected chi connectivity index (χ3v) is 3.36. The molecule has 0 fully saturated rings. The first kappa shape index (κ1) is 11.1. The maximum absolute atomic E-state index is 11.4. The van der Waals surface area contributed by atoms with E-state index in [2.05, 4.69) is 16.7 Å². The summed E-state index contributed by atoms with van der Waals surface area (Å²) in [7, 11) is 0. The Labute approximate surface area is 109 Å². The highest BCUT2D eigenvalue weighted by molar-refractivity contribution is 6.33. The van der Waals surface area contributed by atoms with Gasteiger partial charge in [0.25, 0.3) is 5.15 Å². The lowest BCUT2D eigenvalue weighted by molar-refractivity contribution is -0.601. The molecule has 4 heteroatoms. The molecule has 0 aliphatic heterocycles. The highest BCUT2D eigenvalue weighted by Gasteiger charge is 2.11. The molecule has 3 nitrogen and oxygen atoms in total. The second-order valence-corrected chi connectivity index (χ2v) is 4.52. The molecule has 0 bridgehead atoms. The molecule has 0 amide bonds. The van der Waals surface area contributed by atoms with Crippen LogP contribution in [0, 0.1) is 5.21 Å². The quantitative estimate of drug-likeness (QED) is 0.395. The molecule has 0 N–H and O–H groups in total. The second-order valence-electron chi connectivity index (χ2n) is 4.16. The molecular weight excluding hydrogens is 248 g/mol. The van der Waals surface area contributed by atoms with Gasteiger partial charge >= 0.3 is 0 Å². The van der Waals surface area contributed by atoms with E-state index in [1.165, 1.54) is 11.8 Å². The zero-order valence-electron chi connectivity index (χ0n) is 9.58. The Morgan fingerprint density at radius 2 is 1.89 bits per heavy atom. The molecule has 0 aliphatic carbocycles. The van der Waals surface area contributed by atoms with Gasteiger partial charge in [-0.15, -0.1) is 0 Å². The minimum Gasteiger partial charge on any atom is -0.618 e. The summed E-state index contributed by atoms with van der Waals surface area (Å²) in [5, 5.41) is 12.4. The number of pyridine rings is 1. The van der Waals surface area contributed by atoms with Crippen molar-refractivity contribution in [2.45, 2.75) is 6.54 Å². The Morgan fingerprint density at radius 3 is 2.67 bits per heavy atom. The lowest BCUT2D eigenvalue weighted by Crippen LogP contribution is -2.26. The molecule has 1 aromatic carbocycles. The maximum Gasteiger partial charge on any atom is 0.295 e. The van der Waals surface area contributed by atoms with E-state index >= 15 is 0 Å². The summed E-state index contributed by atoms with van der Waals surface area (Å²) < 4.78 is 2.76. The standard InChI is InChI=1S/C14H11ClN2O/c15-14-12-6-8-16(13(12)7-9-17(14)18)10-11-4-2-1-3-5-11/h1-9H,10H2. The first-order valence-corrected chi connectivity index (χ1v) is 6.04. The van der Waals surface area contributed by atoms with Gasteiger partial charge in [-0.05, 0) is 23.2 Å². The van der Waals surface area contributed by atoms with E-state index in [0.29, 0.717) is 4.73 Å². The molecule has 0 radical (unpaired) electrons. The van der Waals surface area contributed by atoms with Crippen LogP contribution in [-0.4, -0.2) is 4.57 Å². The topological polar surface area (TPSA) is 31.9 Å². The molecule has 0 saturated heterocycles. The van der Waals surface area contributed by atoms with E-state index in [-0.39, 0.29) is 5.15 Å². The number of rotatable bonds is 2. The second kappa shape index (κ2) is 4.35. The molecule has 0 atom stereocenters. The highest BCUT2D eigenvalue weighted by Crippen LogP contribution is 2.21. The normalized spacial score (nSPS) is 10.9. The van der Waals surface area contributed by atoms with Crippen LogP contribution in [0.1, 0.15) is 5.56 Å². The van der Waals surface area contributed by atoms with Crippen LogP contribution < -0.4 is 4.73 Å². The largest absolute Gasteiger partial charge is 0.618 e. The molecule has 3 rings (SSSR count). The van der Waals surface area contributed by atoms with Crippen LogP contribution in [0.2, 0.25) is 5.15 Å². The predicted octanol–water partition coefficient (Wildman–Crippen LogP) is 2.98. The molecule has 3 aromatic rings. The van der Waals surface area contributed by atoms with E-state index in [4.69, 9.17) is 11.6 Å². The zero-order chi connectivity index (χ0) is 12.5. The Bertz CT molecular complexity index is 692. The monoisotopic (exact) mass is 258 g/mol. The molecule has 0 aliphatic rings. The number of hydrogen-bond donors (Lipinski definition) is 0. The van der Waals surface area contributed by atoms with Gasteiger partial charge in [0.15, 0.2) is 6.20 Å². The molecule has 0 spiro atoms. The van der Waals surface area contributed by atoms with Crippen molar-refractivity contribution in [3.8, 4) is 0 Å². The fraction of sp³-hybridized carbons (Fsp3) is 0.0714. The number of nitrogens with zero attached hydrogens (tertiary/aromatic N) is 2. The molecule has 90 valence electrons. The van der Waals surface area contributed by atoms with E-state index in [1.807, 2.05) is 30.5 Å². The third-order valence-electron chi connectivity index (χ3n) is 2.99. The van der Waals surface area contributed by atoms with Crippen molar-refractivity contribution in [1.29, 1.82) is 0 Å². The van der Waals surface area contributed by atoms with Crippen LogP contribution in [0.5, 0.6) is 0 Å². The zero-order valence-corrected chi connectivity index (χ0v) is 10.3. The van der Waals surface area contributed by atoms with Crippen LogP contribution in [0.4, 0.5) is 0 Å². The lowest BCUT2D eigenvalue weighted by Gasteiger charge is -2.06. The molecular formula is C14H11ClN2O. The van der Waals surface area contributed by atoms with Crippen LogP contribution in [-0.2, 0) is 6.54 Å². The van der Waals surface area contributed by atoms with Gasteiger partial charge in [-0.1, -0.05) is 30.3 Å². The summed E-state index contributed by atoms with van der Waals surface area (Å²) in [5.74, 6) is 0. The first-order valence-electron chi connectivity index (χ1n) is 5.66. The summed E-state index contributed by atoms with van der Waals surface area (Å²) in [6.07, 6.45) is 3.38. The van der Waals surface area contributed by atoms with Crippen LogP contribution in [0.3, 0.4) is 0 Å². The number of benzene rings is 1. The van der Waals surface area contributed by atoms with Gasteiger partial charge in [0.2, 0.25) is 0 Å². The average Bonchev–Trinajstić information content (AvgIpc) is 2.79. The van der Waals surface area contributed by atoms with Gasteiger partial charge < -0.3 is 9.77 Å². The predicted molar refractivity (Wildman–Crippen MR) is 71.5 cm³/mol. The molecule has 0 unspecified atom stereocenters. The van der Waals surface area contributed by atoms with Gasteiger partial charge in [-0.25, -0.2) is 0 Å². The van der Waals surface area contributed by atoms with Gasteiger partial charge in [-0.2, -0.15) is 4.73 Å². The van der Waals surface area contributed by atoms with Gasteiger partial charge in [-0.3, -0.25) is 0 Å². The highest BCUT2D eigenvalue weighted by atomic mass is 35.5. The minimum atomic E-state index is 0.222. The maximum atomic E-state index is 11.4. The molecule has 18 heavy (non-hydrogen) atoms. The Balaban J connectivity index is 2.06. The Kier molecular flexibility index (Phi) is 2.68. The Morgan fingerprint density at radius 1 is 1.11 bits per heavy atom. The first-order chi connectivity index (χ1) is 8.75. The molecule has 2 aromatic heterocycles. The van der Waals surface area contributed by atoms with Gasteiger partial charge in [0.1, 0.15) is 0 Å². The summed E-state index contributed by atoms with van der Waals surface area (Å²) in [6.45, 7) is 0.767. The summed E-state index contributed by atoms with van der Waals surface area (Å²) in [4.78, 5) is 0. The van der Waals surface area contributed by atoms with Crippen molar-refractivity contribution in [2.75, 3.05) is 0 Å². The summed E-state index contributed by atoms with van der Waals surface area (Å²) >= 11 is 5.98. The van der Waals surface area contributed by atoms with Crippen molar-refractivity contribution in [3.05, 3.63) is 70.8 Å². The van der Waals surface area contributed by atoms with E-state index in [9.17, 15) is 5.21 Å². The Hall–Kier alpha value is -2.00. The number of aromatic nitrogens is 2. The third kappa shape index (κ3) is 1.83. The summed E-state index contributed by atoms with van der Waals surface area (Å²) in [5.41, 5.74) is 2.18. The smallest absolute Gasteiger partial charge is 0.295 e. The lowest BCUT2D eigenvalue weighted by atomic mass is 10.2. The fourth-order valence-electron chi connectivity index (χ4n) is 2.09. The minimum absolute atomic E-state index is 0.222. The van der Waals surface area contributed by atoms with Gasteiger partial charge in [0, 0.05) is 18.8 Å². The SMILES string of the molecule is [O-][n+]1ccc2c(ccn2Cc2ccccc2)c1Cl.